The van der Waals surface area contributed by atoms with E-state index < -0.39 is 5.91 Å². The van der Waals surface area contributed by atoms with E-state index in [9.17, 15) is 9.59 Å². The van der Waals surface area contributed by atoms with Crippen LogP contribution in [0.3, 0.4) is 0 Å². The summed E-state index contributed by atoms with van der Waals surface area (Å²) in [4.78, 5) is 25.3. The predicted octanol–water partition coefficient (Wildman–Crippen LogP) is 5.25. The highest BCUT2D eigenvalue weighted by Crippen LogP contribution is 2.30. The van der Waals surface area contributed by atoms with Crippen molar-refractivity contribution in [3.8, 4) is 11.5 Å². The van der Waals surface area contributed by atoms with Crippen molar-refractivity contribution in [2.75, 3.05) is 19.5 Å². The van der Waals surface area contributed by atoms with Crippen LogP contribution < -0.4 is 20.2 Å². The molecule has 3 rings (SSSR count). The maximum Gasteiger partial charge on any atom is 0.273 e. The van der Waals surface area contributed by atoms with Crippen molar-refractivity contribution in [1.29, 1.82) is 0 Å². The number of hydrazone groups is 1. The first-order valence-electron chi connectivity index (χ1n) is 9.33. The number of amides is 2. The largest absolute Gasteiger partial charge is 0.497 e. The van der Waals surface area contributed by atoms with E-state index in [0.717, 1.165) is 8.95 Å². The molecule has 0 aliphatic rings. The Morgan fingerprint density at radius 3 is 2.31 bits per heavy atom. The summed E-state index contributed by atoms with van der Waals surface area (Å²) in [6.45, 7) is 0. The number of anilines is 1. The number of rotatable bonds is 7. The topological polar surface area (TPSA) is 89.0 Å². The molecule has 0 heterocycles. The quantitative estimate of drug-likeness (QED) is 0.305. The molecule has 0 atom stereocenters. The number of nitrogens with zero attached hydrogens (tertiary/aromatic N) is 1. The SMILES string of the molecule is COc1ccc(C(=O)Nc2ccccc2C(=O)N/N=C/c2cc(OC)c(Br)cc2Br)cc1. The first-order chi connectivity index (χ1) is 15.4. The normalized spacial score (nSPS) is 10.6. The molecule has 32 heavy (non-hydrogen) atoms. The maximum atomic E-state index is 12.7. The lowest BCUT2D eigenvalue weighted by Gasteiger charge is -2.10. The average molecular weight is 561 g/mol. The van der Waals surface area contributed by atoms with E-state index in [0.29, 0.717) is 28.3 Å². The Hall–Kier alpha value is -3.17. The van der Waals surface area contributed by atoms with Gasteiger partial charge in [-0.2, -0.15) is 5.10 Å². The lowest BCUT2D eigenvalue weighted by Crippen LogP contribution is -2.21. The Kier molecular flexibility index (Phi) is 8.02. The van der Waals surface area contributed by atoms with Gasteiger partial charge in [0, 0.05) is 15.6 Å². The number of para-hydroxylation sites is 1. The fraction of sp³-hybridized carbons (Fsp3) is 0.0870. The fourth-order valence-electron chi connectivity index (χ4n) is 2.75. The smallest absolute Gasteiger partial charge is 0.273 e. The summed E-state index contributed by atoms with van der Waals surface area (Å²) in [5.74, 6) is 0.469. The Labute approximate surface area is 202 Å². The van der Waals surface area contributed by atoms with Gasteiger partial charge in [-0.25, -0.2) is 5.43 Å². The third-order valence-corrected chi connectivity index (χ3v) is 5.72. The van der Waals surface area contributed by atoms with Gasteiger partial charge in [-0.15, -0.1) is 0 Å². The number of hydrogen-bond acceptors (Lipinski definition) is 5. The van der Waals surface area contributed by atoms with Crippen molar-refractivity contribution in [2.45, 2.75) is 0 Å². The number of halogens is 2. The first kappa shape index (κ1) is 23.5. The molecule has 3 aromatic carbocycles. The number of benzene rings is 3. The summed E-state index contributed by atoms with van der Waals surface area (Å²) in [7, 11) is 3.12. The van der Waals surface area contributed by atoms with Crippen LogP contribution in [0.2, 0.25) is 0 Å². The Bertz CT molecular complexity index is 1160. The van der Waals surface area contributed by atoms with E-state index in [1.165, 1.54) is 6.21 Å². The van der Waals surface area contributed by atoms with Gasteiger partial charge in [-0.1, -0.05) is 28.1 Å². The van der Waals surface area contributed by atoms with Crippen LogP contribution in [0, 0.1) is 0 Å². The molecular formula is C23H19Br2N3O4. The Morgan fingerprint density at radius 2 is 1.62 bits per heavy atom. The van der Waals surface area contributed by atoms with Crippen LogP contribution in [0.15, 0.2) is 74.7 Å². The van der Waals surface area contributed by atoms with E-state index in [2.05, 4.69) is 47.7 Å². The number of hydrogen-bond donors (Lipinski definition) is 2. The van der Waals surface area contributed by atoms with Crippen molar-refractivity contribution in [2.24, 2.45) is 5.10 Å². The minimum Gasteiger partial charge on any atom is -0.497 e. The molecule has 0 unspecified atom stereocenters. The van der Waals surface area contributed by atoms with Crippen molar-refractivity contribution in [3.05, 3.63) is 86.3 Å². The van der Waals surface area contributed by atoms with Gasteiger partial charge in [0.15, 0.2) is 0 Å². The number of ether oxygens (including phenoxy) is 2. The lowest BCUT2D eigenvalue weighted by molar-refractivity contribution is 0.0956. The summed E-state index contributed by atoms with van der Waals surface area (Å²) >= 11 is 6.85. The molecule has 164 valence electrons. The van der Waals surface area contributed by atoms with Crippen LogP contribution in [0.1, 0.15) is 26.3 Å². The van der Waals surface area contributed by atoms with Crippen LogP contribution in [-0.4, -0.2) is 32.2 Å². The summed E-state index contributed by atoms with van der Waals surface area (Å²) < 4.78 is 11.9. The zero-order valence-corrected chi connectivity index (χ0v) is 20.4. The van der Waals surface area contributed by atoms with E-state index in [1.54, 1.807) is 68.8 Å². The summed E-state index contributed by atoms with van der Waals surface area (Å²) in [6, 6.07) is 17.0. The second kappa shape index (κ2) is 10.9. The van der Waals surface area contributed by atoms with Crippen LogP contribution >= 0.6 is 31.9 Å². The summed E-state index contributed by atoms with van der Waals surface area (Å²) in [6.07, 6.45) is 1.50. The number of nitrogens with one attached hydrogen (secondary N) is 2. The Morgan fingerprint density at radius 1 is 0.906 bits per heavy atom. The highest BCUT2D eigenvalue weighted by Gasteiger charge is 2.14. The van der Waals surface area contributed by atoms with Crippen molar-refractivity contribution in [1.82, 2.24) is 5.43 Å². The molecule has 0 bridgehead atoms. The molecule has 7 nitrogen and oxygen atoms in total. The van der Waals surface area contributed by atoms with E-state index in [-0.39, 0.29) is 11.5 Å². The second-order valence-electron chi connectivity index (χ2n) is 6.44. The van der Waals surface area contributed by atoms with Gasteiger partial charge in [0.05, 0.1) is 36.2 Å². The molecule has 0 fully saturated rings. The molecule has 0 radical (unpaired) electrons. The highest BCUT2D eigenvalue weighted by atomic mass is 79.9. The van der Waals surface area contributed by atoms with Crippen LogP contribution in [-0.2, 0) is 0 Å². The van der Waals surface area contributed by atoms with Crippen LogP contribution in [0.5, 0.6) is 11.5 Å². The highest BCUT2D eigenvalue weighted by molar-refractivity contribution is 9.11. The van der Waals surface area contributed by atoms with E-state index in [4.69, 9.17) is 9.47 Å². The molecule has 2 N–H and O–H groups in total. The van der Waals surface area contributed by atoms with Gasteiger partial charge in [-0.05, 0) is 64.5 Å². The summed E-state index contributed by atoms with van der Waals surface area (Å²) in [5.41, 5.74) is 4.28. The van der Waals surface area contributed by atoms with Gasteiger partial charge >= 0.3 is 0 Å². The third-order valence-electron chi connectivity index (χ3n) is 4.41. The van der Waals surface area contributed by atoms with Gasteiger partial charge in [0.2, 0.25) is 0 Å². The zero-order valence-electron chi connectivity index (χ0n) is 17.2. The number of methoxy groups -OCH3 is 2. The molecule has 9 heteroatoms. The first-order valence-corrected chi connectivity index (χ1v) is 10.9. The number of carbonyl (C=O) groups excluding carboxylic acids is 2. The van der Waals surface area contributed by atoms with Gasteiger partial charge < -0.3 is 14.8 Å². The average Bonchev–Trinajstić information content (AvgIpc) is 2.80. The molecule has 2 amide bonds. The molecule has 0 aliphatic heterocycles. The van der Waals surface area contributed by atoms with E-state index >= 15 is 0 Å². The molecule has 0 saturated carbocycles. The molecule has 0 aromatic heterocycles. The van der Waals surface area contributed by atoms with Crippen molar-refractivity contribution >= 4 is 55.6 Å². The molecule has 0 aliphatic carbocycles. The molecule has 0 saturated heterocycles. The molecule has 3 aromatic rings. The molecule has 0 spiro atoms. The van der Waals surface area contributed by atoms with E-state index in [1.807, 2.05) is 6.07 Å². The van der Waals surface area contributed by atoms with Gasteiger partial charge in [0.1, 0.15) is 11.5 Å². The fourth-order valence-corrected chi connectivity index (χ4v) is 4.01. The summed E-state index contributed by atoms with van der Waals surface area (Å²) in [5, 5.41) is 6.79. The minimum absolute atomic E-state index is 0.277. The van der Waals surface area contributed by atoms with Crippen molar-refractivity contribution in [3.63, 3.8) is 0 Å². The maximum absolute atomic E-state index is 12.7. The second-order valence-corrected chi connectivity index (χ2v) is 8.14. The minimum atomic E-state index is -0.466. The zero-order chi connectivity index (χ0) is 23.1. The molecular weight excluding hydrogens is 542 g/mol. The monoisotopic (exact) mass is 559 g/mol. The van der Waals surface area contributed by atoms with Crippen molar-refractivity contribution < 1.29 is 19.1 Å². The predicted molar refractivity (Wildman–Crippen MR) is 131 cm³/mol. The third kappa shape index (κ3) is 5.74. The standard InChI is InChI=1S/C23H19Br2N3O4/c1-31-16-9-7-14(8-10-16)22(29)27-20-6-4-3-5-17(20)23(30)28-26-13-15-11-21(32-2)19(25)12-18(15)24/h3-13H,1-2H3,(H,27,29)(H,28,30)/b26-13+. The Balaban J connectivity index is 1.73. The van der Waals surface area contributed by atoms with Crippen LogP contribution in [0.25, 0.3) is 0 Å². The number of carbonyl (C=O) groups is 2. The van der Waals surface area contributed by atoms with Crippen LogP contribution in [0.4, 0.5) is 5.69 Å². The van der Waals surface area contributed by atoms with Gasteiger partial charge in [-0.3, -0.25) is 9.59 Å². The lowest BCUT2D eigenvalue weighted by atomic mass is 10.1. The van der Waals surface area contributed by atoms with Gasteiger partial charge in [0.25, 0.3) is 11.8 Å².